The third-order valence-electron chi connectivity index (χ3n) is 3.58. The van der Waals surface area contributed by atoms with Crippen LogP contribution in [0.3, 0.4) is 0 Å². The summed E-state index contributed by atoms with van der Waals surface area (Å²) < 4.78 is 0. The lowest BCUT2D eigenvalue weighted by Crippen LogP contribution is -2.36. The largest absolute Gasteiger partial charge is 0.362 e. The molecule has 0 unspecified atom stereocenters. The van der Waals surface area contributed by atoms with E-state index in [0.29, 0.717) is 11.7 Å². The molecule has 1 aromatic heterocycles. The average Bonchev–Trinajstić information content (AvgIpc) is 2.99. The average molecular weight is 305 g/mol. The highest BCUT2D eigenvalue weighted by molar-refractivity contribution is 6.31. The van der Waals surface area contributed by atoms with Crippen LogP contribution >= 0.6 is 11.6 Å². The zero-order chi connectivity index (χ0) is 15.0. The first-order valence-corrected chi connectivity index (χ1v) is 7.09. The van der Waals surface area contributed by atoms with Crippen molar-refractivity contribution < 1.29 is 0 Å². The predicted molar refractivity (Wildman–Crippen MR) is 83.8 cm³/mol. The van der Waals surface area contributed by atoms with Crippen LogP contribution in [-0.4, -0.2) is 46.7 Å². The van der Waals surface area contributed by atoms with E-state index >= 15 is 0 Å². The Morgan fingerprint density at radius 1 is 1.38 bits per heavy atom. The molecule has 1 N–H and O–H groups in total. The second-order valence-electron chi connectivity index (χ2n) is 5.18. The molecule has 0 amide bonds. The molecule has 1 aliphatic heterocycles. The second-order valence-corrected chi connectivity index (χ2v) is 5.62. The molecule has 1 aliphatic rings. The first-order valence-electron chi connectivity index (χ1n) is 6.72. The van der Waals surface area contributed by atoms with Gasteiger partial charge >= 0.3 is 0 Å². The first kappa shape index (κ1) is 13.9. The molecule has 2 heterocycles. The van der Waals surface area contributed by atoms with Crippen LogP contribution < -0.4 is 4.90 Å². The summed E-state index contributed by atoms with van der Waals surface area (Å²) >= 11 is 6.18. The number of benzene rings is 1. The SMILES string of the molecule is C[C@@H](c1nc[nH]n1)N1CN=C(N(C)C)c2ccc(Cl)cc21. The summed E-state index contributed by atoms with van der Waals surface area (Å²) in [7, 11) is 3.98. The molecule has 0 saturated carbocycles. The van der Waals surface area contributed by atoms with Gasteiger partial charge in [-0.05, 0) is 25.1 Å². The van der Waals surface area contributed by atoms with Gasteiger partial charge in [0.05, 0.1) is 11.7 Å². The summed E-state index contributed by atoms with van der Waals surface area (Å²) in [5.74, 6) is 1.70. The zero-order valence-electron chi connectivity index (χ0n) is 12.2. The van der Waals surface area contributed by atoms with Crippen LogP contribution in [0.25, 0.3) is 0 Å². The van der Waals surface area contributed by atoms with Crippen molar-refractivity contribution >= 4 is 23.1 Å². The van der Waals surface area contributed by atoms with Gasteiger partial charge in [-0.25, -0.2) is 9.98 Å². The van der Waals surface area contributed by atoms with Crippen LogP contribution in [0.15, 0.2) is 29.5 Å². The number of anilines is 1. The highest BCUT2D eigenvalue weighted by Gasteiger charge is 2.27. The molecular formula is C14H17ClN6. The van der Waals surface area contributed by atoms with Crippen molar-refractivity contribution in [1.82, 2.24) is 20.1 Å². The Bertz CT molecular complexity index is 664. The number of H-pyrrole nitrogens is 1. The molecule has 0 fully saturated rings. The molecule has 7 heteroatoms. The van der Waals surface area contributed by atoms with Gasteiger partial charge in [0.25, 0.3) is 0 Å². The summed E-state index contributed by atoms with van der Waals surface area (Å²) in [6.45, 7) is 2.61. The monoisotopic (exact) mass is 304 g/mol. The summed E-state index contributed by atoms with van der Waals surface area (Å²) in [6, 6.07) is 5.88. The van der Waals surface area contributed by atoms with Crippen LogP contribution in [0.4, 0.5) is 5.69 Å². The Morgan fingerprint density at radius 3 is 2.86 bits per heavy atom. The van der Waals surface area contributed by atoms with E-state index in [1.54, 1.807) is 6.33 Å². The molecule has 0 radical (unpaired) electrons. The molecule has 6 nitrogen and oxygen atoms in total. The third-order valence-corrected chi connectivity index (χ3v) is 3.82. The lowest BCUT2D eigenvalue weighted by atomic mass is 10.1. The highest BCUT2D eigenvalue weighted by atomic mass is 35.5. The van der Waals surface area contributed by atoms with Crippen LogP contribution in [-0.2, 0) is 0 Å². The first-order chi connectivity index (χ1) is 10.1. The van der Waals surface area contributed by atoms with Gasteiger partial charge in [0.2, 0.25) is 0 Å². The maximum Gasteiger partial charge on any atom is 0.172 e. The number of hydrogen-bond donors (Lipinski definition) is 1. The number of aliphatic imine (C=N–C) groups is 1. The minimum atomic E-state index is 0.0147. The Hall–Kier alpha value is -2.08. The van der Waals surface area contributed by atoms with E-state index in [0.717, 1.165) is 22.9 Å². The number of halogens is 1. The number of aromatic amines is 1. The summed E-state index contributed by atoms with van der Waals surface area (Å²) in [5, 5.41) is 7.63. The van der Waals surface area contributed by atoms with Crippen molar-refractivity contribution in [2.75, 3.05) is 25.7 Å². The molecule has 1 aromatic carbocycles. The molecule has 0 aliphatic carbocycles. The summed E-state index contributed by atoms with van der Waals surface area (Å²) in [4.78, 5) is 13.1. The molecule has 0 bridgehead atoms. The molecule has 3 rings (SSSR count). The topological polar surface area (TPSA) is 60.4 Å². The van der Waals surface area contributed by atoms with Gasteiger partial charge in [-0.15, -0.1) is 0 Å². The predicted octanol–water partition coefficient (Wildman–Crippen LogP) is 2.31. The van der Waals surface area contributed by atoms with E-state index in [9.17, 15) is 0 Å². The number of fused-ring (bicyclic) bond motifs is 1. The molecule has 1 atom stereocenters. The smallest absolute Gasteiger partial charge is 0.172 e. The van der Waals surface area contributed by atoms with Gasteiger partial charge in [-0.3, -0.25) is 5.10 Å². The van der Waals surface area contributed by atoms with E-state index in [-0.39, 0.29) is 6.04 Å². The Morgan fingerprint density at radius 2 is 2.19 bits per heavy atom. The third kappa shape index (κ3) is 2.47. The van der Waals surface area contributed by atoms with Crippen LogP contribution in [0.2, 0.25) is 5.02 Å². The van der Waals surface area contributed by atoms with E-state index < -0.39 is 0 Å². The van der Waals surface area contributed by atoms with E-state index in [4.69, 9.17) is 11.6 Å². The fourth-order valence-corrected chi connectivity index (χ4v) is 2.68. The molecule has 0 spiro atoms. The maximum atomic E-state index is 6.18. The van der Waals surface area contributed by atoms with Gasteiger partial charge in [-0.1, -0.05) is 11.6 Å². The van der Waals surface area contributed by atoms with Gasteiger partial charge in [0, 0.05) is 24.7 Å². The van der Waals surface area contributed by atoms with Crippen LogP contribution in [0, 0.1) is 0 Å². The van der Waals surface area contributed by atoms with Crippen molar-refractivity contribution in [3.05, 3.63) is 40.9 Å². The maximum absolute atomic E-state index is 6.18. The fourth-order valence-electron chi connectivity index (χ4n) is 2.51. The van der Waals surface area contributed by atoms with Crippen molar-refractivity contribution in [2.24, 2.45) is 4.99 Å². The van der Waals surface area contributed by atoms with Crippen molar-refractivity contribution in [3.8, 4) is 0 Å². The van der Waals surface area contributed by atoms with Gasteiger partial charge in [-0.2, -0.15) is 5.10 Å². The molecule has 0 saturated heterocycles. The number of hydrogen-bond acceptors (Lipinski definition) is 5. The molecule has 110 valence electrons. The van der Waals surface area contributed by atoms with E-state index in [1.807, 2.05) is 37.2 Å². The summed E-state index contributed by atoms with van der Waals surface area (Å²) in [6.07, 6.45) is 1.59. The zero-order valence-corrected chi connectivity index (χ0v) is 13.0. The standard InChI is InChI=1S/C14H17ClN6/c1-9(13-16-7-18-19-13)21-8-17-14(20(2)3)11-5-4-10(15)6-12(11)21/h4-7,9H,8H2,1-3H3,(H,16,18,19)/t9-/m0/s1. The number of rotatable bonds is 2. The fraction of sp³-hybridized carbons (Fsp3) is 0.357. The minimum absolute atomic E-state index is 0.0147. The van der Waals surface area contributed by atoms with Crippen molar-refractivity contribution in [3.63, 3.8) is 0 Å². The Kier molecular flexibility index (Phi) is 3.55. The van der Waals surface area contributed by atoms with Crippen molar-refractivity contribution in [1.29, 1.82) is 0 Å². The summed E-state index contributed by atoms with van der Waals surface area (Å²) in [5.41, 5.74) is 2.12. The molecular weight excluding hydrogens is 288 g/mol. The quantitative estimate of drug-likeness (QED) is 0.925. The minimum Gasteiger partial charge on any atom is -0.362 e. The van der Waals surface area contributed by atoms with E-state index in [1.165, 1.54) is 0 Å². The van der Waals surface area contributed by atoms with E-state index in [2.05, 4.69) is 32.0 Å². The molecule has 21 heavy (non-hydrogen) atoms. The number of nitrogens with one attached hydrogen (secondary N) is 1. The Balaban J connectivity index is 2.05. The number of aromatic nitrogens is 3. The second kappa shape index (κ2) is 5.37. The number of nitrogens with zero attached hydrogens (tertiary/aromatic N) is 5. The van der Waals surface area contributed by atoms with Gasteiger partial charge in [0.1, 0.15) is 18.8 Å². The van der Waals surface area contributed by atoms with Crippen LogP contribution in [0.5, 0.6) is 0 Å². The number of amidine groups is 1. The van der Waals surface area contributed by atoms with Crippen molar-refractivity contribution in [2.45, 2.75) is 13.0 Å². The lowest BCUT2D eigenvalue weighted by molar-refractivity contribution is 0.592. The van der Waals surface area contributed by atoms with Gasteiger partial charge < -0.3 is 9.80 Å². The van der Waals surface area contributed by atoms with Gasteiger partial charge in [0.15, 0.2) is 5.82 Å². The highest BCUT2D eigenvalue weighted by Crippen LogP contribution is 2.34. The molecule has 2 aromatic rings. The Labute approximate surface area is 128 Å². The normalized spacial score (nSPS) is 15.4. The van der Waals surface area contributed by atoms with Crippen LogP contribution in [0.1, 0.15) is 24.4 Å². The lowest BCUT2D eigenvalue weighted by Gasteiger charge is -2.35.